The van der Waals surface area contributed by atoms with E-state index in [9.17, 15) is 25.0 Å². The highest BCUT2D eigenvalue weighted by Gasteiger charge is 2.24. The first kappa shape index (κ1) is 23.6. The van der Waals surface area contributed by atoms with Gasteiger partial charge in [-0.05, 0) is 36.4 Å². The van der Waals surface area contributed by atoms with Crippen LogP contribution in [0.1, 0.15) is 11.1 Å². The fourth-order valence-corrected chi connectivity index (χ4v) is 3.49. The Morgan fingerprint density at radius 2 is 1.18 bits per heavy atom. The van der Waals surface area contributed by atoms with Gasteiger partial charge >= 0.3 is 0 Å². The Kier molecular flexibility index (Phi) is 6.88. The highest BCUT2D eigenvalue weighted by atomic mass is 16.6. The van der Waals surface area contributed by atoms with Crippen LogP contribution in [0, 0.1) is 20.2 Å². The number of Topliss-reactive ketones (excluding diaryl/α,β-unsaturated/α-hetero) is 1. The second-order valence-electron chi connectivity index (χ2n) is 8.06. The Labute approximate surface area is 191 Å². The van der Waals surface area contributed by atoms with Gasteiger partial charge in [-0.1, -0.05) is 0 Å². The molecule has 0 amide bonds. The van der Waals surface area contributed by atoms with E-state index in [4.69, 9.17) is 0 Å². The molecule has 0 bridgehead atoms. The van der Waals surface area contributed by atoms with Crippen molar-refractivity contribution in [2.24, 2.45) is 0 Å². The van der Waals surface area contributed by atoms with Crippen LogP contribution in [0.15, 0.2) is 47.5 Å². The maximum Gasteiger partial charge on any atom is 0.278 e. The SMILES string of the molecule is CN(C)c1ccc(/C=C2\CNC/C(=C\c3ccc(N(C)C)cc3[N+](=O)[O-])C2=O)c([N+](=O)[O-])c1. The molecule has 2 aromatic rings. The van der Waals surface area contributed by atoms with Crippen LogP contribution in [0.5, 0.6) is 0 Å². The van der Waals surface area contributed by atoms with Crippen molar-refractivity contribution < 1.29 is 14.6 Å². The highest BCUT2D eigenvalue weighted by molar-refractivity contribution is 6.15. The number of nitrogens with zero attached hydrogens (tertiary/aromatic N) is 4. The molecule has 2 aromatic carbocycles. The Hall–Kier alpha value is -4.05. The predicted octanol–water partition coefficient (Wildman–Crippen LogP) is 3.27. The van der Waals surface area contributed by atoms with Crippen LogP contribution in [0.2, 0.25) is 0 Å². The van der Waals surface area contributed by atoms with Crippen LogP contribution >= 0.6 is 0 Å². The average Bonchev–Trinajstić information content (AvgIpc) is 2.76. The molecule has 0 saturated carbocycles. The van der Waals surface area contributed by atoms with Gasteiger partial charge in [0.2, 0.25) is 0 Å². The average molecular weight is 451 g/mol. The molecular weight excluding hydrogens is 426 g/mol. The molecule has 3 rings (SSSR count). The van der Waals surface area contributed by atoms with Gasteiger partial charge in [0.05, 0.1) is 21.0 Å². The minimum atomic E-state index is -0.480. The molecule has 0 radical (unpaired) electrons. The molecular formula is C23H25N5O5. The summed E-state index contributed by atoms with van der Waals surface area (Å²) in [6, 6.07) is 9.62. The summed E-state index contributed by atoms with van der Waals surface area (Å²) < 4.78 is 0. The lowest BCUT2D eigenvalue weighted by Gasteiger charge is -2.19. The van der Waals surface area contributed by atoms with Crippen LogP contribution in [0.25, 0.3) is 12.2 Å². The molecule has 0 spiro atoms. The van der Waals surface area contributed by atoms with Crippen molar-refractivity contribution in [3.8, 4) is 0 Å². The summed E-state index contributed by atoms with van der Waals surface area (Å²) in [5.41, 5.74) is 2.47. The molecule has 1 aliphatic heterocycles. The standard InChI is InChI=1S/C23H25N5O5/c1-25(2)19-7-5-15(21(11-19)27(30)31)9-17-13-24-14-18(23(17)29)10-16-6-8-20(26(3)4)12-22(16)28(32)33/h5-12,24H,13-14H2,1-4H3/b17-9+,18-10+. The zero-order valence-corrected chi connectivity index (χ0v) is 18.9. The monoisotopic (exact) mass is 451 g/mol. The third-order valence-electron chi connectivity index (χ3n) is 5.33. The molecule has 172 valence electrons. The Bertz CT molecular complexity index is 1090. The van der Waals surface area contributed by atoms with Crippen LogP contribution in [0.4, 0.5) is 22.7 Å². The van der Waals surface area contributed by atoms with Crippen molar-refractivity contribution in [3.05, 3.63) is 78.9 Å². The van der Waals surface area contributed by atoms with Crippen molar-refractivity contribution in [3.63, 3.8) is 0 Å². The molecule has 0 aliphatic carbocycles. The van der Waals surface area contributed by atoms with Gasteiger partial charge in [-0.15, -0.1) is 0 Å². The third-order valence-corrected chi connectivity index (χ3v) is 5.33. The molecule has 10 nitrogen and oxygen atoms in total. The van der Waals surface area contributed by atoms with E-state index in [1.165, 1.54) is 24.3 Å². The number of hydrogen-bond donors (Lipinski definition) is 1. The third kappa shape index (κ3) is 5.24. The van der Waals surface area contributed by atoms with E-state index in [1.54, 1.807) is 62.3 Å². The van der Waals surface area contributed by atoms with E-state index in [2.05, 4.69) is 5.32 Å². The second-order valence-corrected chi connectivity index (χ2v) is 8.06. The minimum Gasteiger partial charge on any atom is -0.377 e. The lowest BCUT2D eigenvalue weighted by atomic mass is 9.95. The highest BCUT2D eigenvalue weighted by Crippen LogP contribution is 2.30. The van der Waals surface area contributed by atoms with Gasteiger partial charge in [-0.2, -0.15) is 0 Å². The maximum absolute atomic E-state index is 13.1. The number of nitro groups is 2. The van der Waals surface area contributed by atoms with Crippen LogP contribution in [-0.2, 0) is 4.79 Å². The summed E-state index contributed by atoms with van der Waals surface area (Å²) in [6.07, 6.45) is 3.01. The molecule has 1 aliphatic rings. The van der Waals surface area contributed by atoms with Gasteiger partial charge in [-0.3, -0.25) is 25.0 Å². The largest absolute Gasteiger partial charge is 0.377 e. The first-order valence-electron chi connectivity index (χ1n) is 10.2. The summed E-state index contributed by atoms with van der Waals surface area (Å²) in [5.74, 6) is -0.300. The van der Waals surface area contributed by atoms with Crippen LogP contribution in [-0.4, -0.2) is 56.9 Å². The fraction of sp³-hybridized carbons (Fsp3) is 0.261. The summed E-state index contributed by atoms with van der Waals surface area (Å²) in [4.78, 5) is 38.8. The van der Waals surface area contributed by atoms with Gasteiger partial charge in [-0.25, -0.2) is 0 Å². The zero-order valence-electron chi connectivity index (χ0n) is 18.9. The van der Waals surface area contributed by atoms with Gasteiger partial charge < -0.3 is 15.1 Å². The normalized spacial score (nSPS) is 16.2. The van der Waals surface area contributed by atoms with E-state index < -0.39 is 9.85 Å². The number of piperidine rings is 1. The molecule has 1 fully saturated rings. The smallest absolute Gasteiger partial charge is 0.278 e. The molecule has 0 unspecified atom stereocenters. The fourth-order valence-electron chi connectivity index (χ4n) is 3.49. The molecule has 0 atom stereocenters. The van der Waals surface area contributed by atoms with Crippen LogP contribution in [0.3, 0.4) is 0 Å². The first-order valence-corrected chi connectivity index (χ1v) is 10.2. The lowest BCUT2D eigenvalue weighted by Crippen LogP contribution is -2.32. The molecule has 1 N–H and O–H groups in total. The second kappa shape index (κ2) is 9.61. The molecule has 1 heterocycles. The maximum atomic E-state index is 13.1. The van der Waals surface area contributed by atoms with Crippen molar-refractivity contribution in [1.82, 2.24) is 5.32 Å². The van der Waals surface area contributed by atoms with Crippen molar-refractivity contribution in [2.75, 3.05) is 51.1 Å². The molecule has 1 saturated heterocycles. The first-order chi connectivity index (χ1) is 15.6. The Morgan fingerprint density at radius 3 is 1.52 bits per heavy atom. The van der Waals surface area contributed by atoms with E-state index in [1.807, 2.05) is 0 Å². The van der Waals surface area contributed by atoms with E-state index in [0.29, 0.717) is 33.6 Å². The van der Waals surface area contributed by atoms with Crippen molar-refractivity contribution in [1.29, 1.82) is 0 Å². The minimum absolute atomic E-state index is 0.104. The van der Waals surface area contributed by atoms with Gasteiger partial charge in [0.25, 0.3) is 11.4 Å². The Balaban J connectivity index is 2.00. The zero-order chi connectivity index (χ0) is 24.3. The predicted molar refractivity (Wildman–Crippen MR) is 129 cm³/mol. The number of rotatable bonds is 6. The summed E-state index contributed by atoms with van der Waals surface area (Å²) in [7, 11) is 7.14. The van der Waals surface area contributed by atoms with E-state index >= 15 is 0 Å². The summed E-state index contributed by atoms with van der Waals surface area (Å²) in [6.45, 7) is 0.481. The number of carbonyl (C=O) groups excluding carboxylic acids is 1. The quantitative estimate of drug-likeness (QED) is 0.403. The number of nitro benzene ring substituents is 2. The number of ketones is 1. The van der Waals surface area contributed by atoms with Gasteiger partial charge in [0, 0.05) is 75.9 Å². The summed E-state index contributed by atoms with van der Waals surface area (Å²) >= 11 is 0. The molecule has 0 aromatic heterocycles. The van der Waals surface area contributed by atoms with Gasteiger partial charge in [0.15, 0.2) is 5.78 Å². The van der Waals surface area contributed by atoms with E-state index in [0.717, 1.165) is 0 Å². The number of anilines is 2. The number of hydrogen-bond acceptors (Lipinski definition) is 8. The van der Waals surface area contributed by atoms with Gasteiger partial charge in [0.1, 0.15) is 0 Å². The van der Waals surface area contributed by atoms with Crippen molar-refractivity contribution >= 4 is 40.7 Å². The summed E-state index contributed by atoms with van der Waals surface area (Å²) in [5, 5.41) is 26.3. The van der Waals surface area contributed by atoms with Crippen molar-refractivity contribution in [2.45, 2.75) is 0 Å². The van der Waals surface area contributed by atoms with E-state index in [-0.39, 0.29) is 30.2 Å². The molecule has 10 heteroatoms. The lowest BCUT2D eigenvalue weighted by molar-refractivity contribution is -0.385. The molecule has 33 heavy (non-hydrogen) atoms. The number of carbonyl (C=O) groups is 1. The Morgan fingerprint density at radius 1 is 0.788 bits per heavy atom. The number of nitrogens with one attached hydrogen (secondary N) is 1. The topological polar surface area (TPSA) is 122 Å². The van der Waals surface area contributed by atoms with Crippen LogP contribution < -0.4 is 15.1 Å². The number of benzene rings is 2.